The molecule has 128 valence electrons. The number of aliphatic carboxylic acids is 1. The van der Waals surface area contributed by atoms with Crippen molar-refractivity contribution in [2.45, 2.75) is 38.5 Å². The number of halogens is 1. The van der Waals surface area contributed by atoms with E-state index in [-0.39, 0.29) is 5.82 Å². The highest BCUT2D eigenvalue weighted by Crippen LogP contribution is 2.21. The number of carboxylic acid groups (broad SMARTS) is 1. The van der Waals surface area contributed by atoms with Crippen molar-refractivity contribution >= 4 is 17.3 Å². The van der Waals surface area contributed by atoms with Crippen LogP contribution in [0.25, 0.3) is 0 Å². The summed E-state index contributed by atoms with van der Waals surface area (Å²) in [4.78, 5) is 17.8. The molecule has 1 unspecified atom stereocenters. The Morgan fingerprint density at radius 2 is 2.17 bits per heavy atom. The molecule has 1 atom stereocenters. The first kappa shape index (κ1) is 16.9. The summed E-state index contributed by atoms with van der Waals surface area (Å²) in [5.74, 6) is -0.465. The summed E-state index contributed by atoms with van der Waals surface area (Å²) in [5.41, 5.74) is 0.867. The minimum absolute atomic E-state index is 0.298. The van der Waals surface area contributed by atoms with Gasteiger partial charge in [0.15, 0.2) is 0 Å². The second-order valence-corrected chi connectivity index (χ2v) is 6.74. The fourth-order valence-corrected chi connectivity index (χ4v) is 3.53. The van der Waals surface area contributed by atoms with Gasteiger partial charge < -0.3 is 9.84 Å². The third kappa shape index (κ3) is 4.30. The van der Waals surface area contributed by atoms with Crippen molar-refractivity contribution in [1.82, 2.24) is 9.88 Å². The van der Waals surface area contributed by atoms with E-state index >= 15 is 0 Å². The van der Waals surface area contributed by atoms with Gasteiger partial charge in [-0.05, 0) is 43.7 Å². The Hall–Kier alpha value is -1.99. The average molecular weight is 350 g/mol. The maximum absolute atomic E-state index is 12.9. The highest BCUT2D eigenvalue weighted by atomic mass is 32.1. The Kier molecular flexibility index (Phi) is 5.42. The molecule has 24 heavy (non-hydrogen) atoms. The summed E-state index contributed by atoms with van der Waals surface area (Å²) in [7, 11) is 0. The maximum Gasteiger partial charge on any atom is 0.320 e. The Morgan fingerprint density at radius 1 is 1.38 bits per heavy atom. The Balaban J connectivity index is 1.56. The number of piperidine rings is 1. The van der Waals surface area contributed by atoms with Gasteiger partial charge in [-0.15, -0.1) is 11.3 Å². The highest BCUT2D eigenvalue weighted by molar-refractivity contribution is 7.09. The smallest absolute Gasteiger partial charge is 0.320 e. The number of rotatable bonds is 6. The number of thiazole rings is 1. The molecule has 5 nitrogen and oxygen atoms in total. The van der Waals surface area contributed by atoms with Crippen LogP contribution in [0.2, 0.25) is 0 Å². The number of benzene rings is 1. The van der Waals surface area contributed by atoms with E-state index in [4.69, 9.17) is 4.74 Å². The summed E-state index contributed by atoms with van der Waals surface area (Å²) in [6.07, 6.45) is 2.68. The number of likely N-dealkylation sites (tertiary alicyclic amines) is 1. The van der Waals surface area contributed by atoms with Gasteiger partial charge in [0, 0.05) is 11.9 Å². The van der Waals surface area contributed by atoms with Gasteiger partial charge in [0.05, 0.1) is 5.69 Å². The molecular weight excluding hydrogens is 331 g/mol. The molecule has 0 spiro atoms. The van der Waals surface area contributed by atoms with Crippen LogP contribution in [0.1, 0.15) is 30.0 Å². The van der Waals surface area contributed by atoms with Crippen LogP contribution in [-0.2, 0) is 17.9 Å². The lowest BCUT2D eigenvalue weighted by Gasteiger charge is -2.32. The van der Waals surface area contributed by atoms with E-state index in [1.54, 1.807) is 12.1 Å². The van der Waals surface area contributed by atoms with Gasteiger partial charge in [-0.25, -0.2) is 9.37 Å². The molecule has 1 fully saturated rings. The number of carboxylic acids is 1. The van der Waals surface area contributed by atoms with Crippen molar-refractivity contribution in [3.8, 4) is 5.75 Å². The number of hydrogen-bond donors (Lipinski definition) is 1. The summed E-state index contributed by atoms with van der Waals surface area (Å²) in [6.45, 7) is 1.65. The van der Waals surface area contributed by atoms with E-state index < -0.39 is 12.0 Å². The zero-order valence-corrected chi connectivity index (χ0v) is 14.0. The molecule has 0 saturated carbocycles. The van der Waals surface area contributed by atoms with Crippen molar-refractivity contribution in [1.29, 1.82) is 0 Å². The lowest BCUT2D eigenvalue weighted by atomic mass is 10.0. The van der Waals surface area contributed by atoms with Crippen molar-refractivity contribution in [2.75, 3.05) is 6.54 Å². The van der Waals surface area contributed by atoms with E-state index in [1.807, 2.05) is 10.3 Å². The van der Waals surface area contributed by atoms with Gasteiger partial charge in [-0.1, -0.05) is 6.42 Å². The third-order valence-electron chi connectivity index (χ3n) is 4.04. The van der Waals surface area contributed by atoms with E-state index in [2.05, 4.69) is 4.98 Å². The van der Waals surface area contributed by atoms with E-state index in [0.717, 1.165) is 30.1 Å². The molecule has 1 aromatic heterocycles. The van der Waals surface area contributed by atoms with Gasteiger partial charge in [-0.3, -0.25) is 9.69 Å². The van der Waals surface area contributed by atoms with Crippen molar-refractivity contribution in [2.24, 2.45) is 0 Å². The van der Waals surface area contributed by atoms with E-state index in [9.17, 15) is 14.3 Å². The molecule has 7 heteroatoms. The molecule has 1 aliphatic rings. The Bertz CT molecular complexity index is 689. The first-order valence-electron chi connectivity index (χ1n) is 7.90. The minimum Gasteiger partial charge on any atom is -0.486 e. The lowest BCUT2D eigenvalue weighted by Crippen LogP contribution is -2.44. The monoisotopic (exact) mass is 350 g/mol. The standard InChI is InChI=1S/C17H19FN2O3S/c18-12-4-6-14(7-5-12)23-10-16-19-13(11-24-16)9-20-8-2-1-3-15(20)17(21)22/h4-7,11,15H,1-3,8-10H2,(H,21,22). The number of ether oxygens (including phenoxy) is 1. The fraction of sp³-hybridized carbons (Fsp3) is 0.412. The van der Waals surface area contributed by atoms with Crippen molar-refractivity contribution in [3.63, 3.8) is 0 Å². The average Bonchev–Trinajstić information content (AvgIpc) is 3.02. The van der Waals surface area contributed by atoms with Gasteiger partial charge in [0.1, 0.15) is 29.2 Å². The fourth-order valence-electron chi connectivity index (χ4n) is 2.83. The predicted molar refractivity (Wildman–Crippen MR) is 88.5 cm³/mol. The molecule has 1 saturated heterocycles. The van der Waals surface area contributed by atoms with Crippen LogP contribution < -0.4 is 4.74 Å². The molecule has 0 amide bonds. The largest absolute Gasteiger partial charge is 0.486 e. The van der Waals surface area contributed by atoms with Crippen LogP contribution in [0.5, 0.6) is 5.75 Å². The SMILES string of the molecule is O=C(O)C1CCCCN1Cc1csc(COc2ccc(F)cc2)n1. The zero-order chi connectivity index (χ0) is 16.9. The summed E-state index contributed by atoms with van der Waals surface area (Å²) < 4.78 is 18.4. The zero-order valence-electron chi connectivity index (χ0n) is 13.2. The molecule has 0 aliphatic carbocycles. The van der Waals surface area contributed by atoms with Gasteiger partial charge in [0.2, 0.25) is 0 Å². The van der Waals surface area contributed by atoms with Crippen LogP contribution >= 0.6 is 11.3 Å². The summed E-state index contributed by atoms with van der Waals surface area (Å²) >= 11 is 1.49. The van der Waals surface area contributed by atoms with Crippen molar-refractivity contribution < 1.29 is 19.0 Å². The predicted octanol–water partition coefficient (Wildman–Crippen LogP) is 3.30. The maximum atomic E-state index is 12.9. The van der Waals surface area contributed by atoms with E-state index in [1.165, 1.54) is 23.5 Å². The Morgan fingerprint density at radius 3 is 2.92 bits per heavy atom. The number of aromatic nitrogens is 1. The number of carbonyl (C=O) groups is 1. The van der Waals surface area contributed by atoms with Gasteiger partial charge in [-0.2, -0.15) is 0 Å². The van der Waals surface area contributed by atoms with Crippen LogP contribution in [0, 0.1) is 5.82 Å². The third-order valence-corrected chi connectivity index (χ3v) is 4.91. The summed E-state index contributed by atoms with van der Waals surface area (Å²) in [5, 5.41) is 12.1. The Labute approximate surface area is 143 Å². The lowest BCUT2D eigenvalue weighted by molar-refractivity contribution is -0.144. The first-order valence-corrected chi connectivity index (χ1v) is 8.78. The molecule has 0 bridgehead atoms. The molecule has 1 aliphatic heterocycles. The minimum atomic E-state index is -0.759. The highest BCUT2D eigenvalue weighted by Gasteiger charge is 2.28. The van der Waals surface area contributed by atoms with Crippen LogP contribution in [0.4, 0.5) is 4.39 Å². The van der Waals surface area contributed by atoms with Crippen LogP contribution in [0.3, 0.4) is 0 Å². The first-order chi connectivity index (χ1) is 11.6. The molecule has 2 aromatic rings. The quantitative estimate of drug-likeness (QED) is 0.866. The normalized spacial score (nSPS) is 18.5. The van der Waals surface area contributed by atoms with Crippen molar-refractivity contribution in [3.05, 3.63) is 46.2 Å². The van der Waals surface area contributed by atoms with Gasteiger partial charge >= 0.3 is 5.97 Å². The molecule has 0 radical (unpaired) electrons. The molecular formula is C17H19FN2O3S. The molecule has 3 rings (SSSR count). The topological polar surface area (TPSA) is 62.7 Å². The molecule has 1 aromatic carbocycles. The second-order valence-electron chi connectivity index (χ2n) is 5.80. The van der Waals surface area contributed by atoms with Crippen LogP contribution in [0.15, 0.2) is 29.6 Å². The number of hydrogen-bond acceptors (Lipinski definition) is 5. The van der Waals surface area contributed by atoms with Crippen LogP contribution in [-0.4, -0.2) is 33.5 Å². The number of nitrogens with zero attached hydrogens (tertiary/aromatic N) is 2. The second kappa shape index (κ2) is 7.72. The van der Waals surface area contributed by atoms with E-state index in [0.29, 0.717) is 25.3 Å². The summed E-state index contributed by atoms with van der Waals surface area (Å²) in [6, 6.07) is 5.44. The molecule has 2 heterocycles. The van der Waals surface area contributed by atoms with Gasteiger partial charge in [0.25, 0.3) is 0 Å². The molecule has 1 N–H and O–H groups in total.